The minimum absolute atomic E-state index is 0.122. The molecule has 0 saturated carbocycles. The van der Waals surface area contributed by atoms with Gasteiger partial charge >= 0.3 is 0 Å². The molecule has 0 spiro atoms. The van der Waals surface area contributed by atoms with E-state index in [2.05, 4.69) is 40.2 Å². The fraction of sp³-hybridized carbons (Fsp3) is 0.250. The summed E-state index contributed by atoms with van der Waals surface area (Å²) in [5.74, 6) is 0.122. The van der Waals surface area contributed by atoms with Crippen LogP contribution in [-0.2, 0) is 17.8 Å². The molecule has 3 aromatic rings. The average Bonchev–Trinajstić information content (AvgIpc) is 2.98. The Balaban J connectivity index is 1.66. The zero-order valence-electron chi connectivity index (χ0n) is 14.4. The van der Waals surface area contributed by atoms with Gasteiger partial charge in [-0.3, -0.25) is 4.79 Å². The van der Waals surface area contributed by atoms with Gasteiger partial charge in [0.15, 0.2) is 0 Å². The van der Waals surface area contributed by atoms with Gasteiger partial charge in [0.05, 0.1) is 6.42 Å². The van der Waals surface area contributed by atoms with E-state index in [4.69, 9.17) is 0 Å². The average molecular weight is 321 g/mol. The number of carbonyl (C=O) groups excluding carboxylic acids is 1. The van der Waals surface area contributed by atoms with Crippen LogP contribution in [0.1, 0.15) is 11.1 Å². The van der Waals surface area contributed by atoms with Crippen LogP contribution in [0, 0.1) is 0 Å². The molecule has 0 atom stereocenters. The molecule has 1 N–H and O–H groups in total. The quantitative estimate of drug-likeness (QED) is 0.782. The molecule has 0 aliphatic carbocycles. The lowest BCUT2D eigenvalue weighted by Crippen LogP contribution is -2.27. The number of rotatable bonds is 5. The van der Waals surface area contributed by atoms with Gasteiger partial charge in [0.25, 0.3) is 0 Å². The van der Waals surface area contributed by atoms with Crippen molar-refractivity contribution in [3.63, 3.8) is 0 Å². The fourth-order valence-electron chi connectivity index (χ4n) is 2.84. The predicted octanol–water partition coefficient (Wildman–Crippen LogP) is 3.44. The molecule has 0 radical (unpaired) electrons. The van der Waals surface area contributed by atoms with Gasteiger partial charge in [-0.2, -0.15) is 0 Å². The second-order valence-corrected chi connectivity index (χ2v) is 6.35. The van der Waals surface area contributed by atoms with Crippen LogP contribution in [0.2, 0.25) is 0 Å². The molecule has 124 valence electrons. The second kappa shape index (κ2) is 6.79. The van der Waals surface area contributed by atoms with Gasteiger partial charge in [-0.25, -0.2) is 0 Å². The number of aromatic amines is 1. The van der Waals surface area contributed by atoms with E-state index in [0.717, 1.165) is 27.7 Å². The molecule has 0 bridgehead atoms. The number of hydrogen-bond acceptors (Lipinski definition) is 2. The standard InChI is InChI=1S/C20H23N3O/c1-22(2)17-10-8-15(9-11-17)14-23(3)20(24)12-16-13-21-19-7-5-4-6-18(16)19/h4-11,13,21H,12,14H2,1-3H3. The van der Waals surface area contributed by atoms with Gasteiger partial charge in [-0.1, -0.05) is 30.3 Å². The first-order chi connectivity index (χ1) is 11.5. The fourth-order valence-corrected chi connectivity index (χ4v) is 2.84. The number of nitrogens with zero attached hydrogens (tertiary/aromatic N) is 2. The maximum atomic E-state index is 12.5. The van der Waals surface area contributed by atoms with Crippen LogP contribution in [0.25, 0.3) is 10.9 Å². The smallest absolute Gasteiger partial charge is 0.227 e. The molecule has 3 rings (SSSR count). The maximum Gasteiger partial charge on any atom is 0.227 e. The Morgan fingerprint density at radius 3 is 2.42 bits per heavy atom. The number of likely N-dealkylation sites (N-methyl/N-ethyl adjacent to an activating group) is 1. The van der Waals surface area contributed by atoms with E-state index in [-0.39, 0.29) is 5.91 Å². The Bertz CT molecular complexity index is 833. The highest BCUT2D eigenvalue weighted by Crippen LogP contribution is 2.19. The summed E-state index contributed by atoms with van der Waals surface area (Å²) in [7, 11) is 5.90. The third-order valence-corrected chi connectivity index (χ3v) is 4.31. The van der Waals surface area contributed by atoms with Crippen LogP contribution in [0.15, 0.2) is 54.7 Å². The van der Waals surface area contributed by atoms with E-state index in [0.29, 0.717) is 13.0 Å². The van der Waals surface area contributed by atoms with E-state index in [1.54, 1.807) is 4.90 Å². The van der Waals surface area contributed by atoms with Crippen molar-refractivity contribution in [1.29, 1.82) is 0 Å². The molecule has 0 unspecified atom stereocenters. The third-order valence-electron chi connectivity index (χ3n) is 4.31. The molecule has 0 fully saturated rings. The molecule has 4 nitrogen and oxygen atoms in total. The molecule has 2 aromatic carbocycles. The van der Waals surface area contributed by atoms with Crippen molar-refractivity contribution in [2.45, 2.75) is 13.0 Å². The van der Waals surface area contributed by atoms with Crippen molar-refractivity contribution in [1.82, 2.24) is 9.88 Å². The lowest BCUT2D eigenvalue weighted by Gasteiger charge is -2.18. The highest BCUT2D eigenvalue weighted by Gasteiger charge is 2.13. The Morgan fingerprint density at radius 1 is 1.00 bits per heavy atom. The van der Waals surface area contributed by atoms with Crippen molar-refractivity contribution < 1.29 is 4.79 Å². The first-order valence-electron chi connectivity index (χ1n) is 8.10. The Hall–Kier alpha value is -2.75. The lowest BCUT2D eigenvalue weighted by molar-refractivity contribution is -0.129. The van der Waals surface area contributed by atoms with Gasteiger partial charge in [0.1, 0.15) is 0 Å². The van der Waals surface area contributed by atoms with Crippen molar-refractivity contribution >= 4 is 22.5 Å². The number of carbonyl (C=O) groups is 1. The molecule has 4 heteroatoms. The van der Waals surface area contributed by atoms with Gasteiger partial charge in [0, 0.05) is 50.5 Å². The Morgan fingerprint density at radius 2 is 1.71 bits per heavy atom. The number of hydrogen-bond donors (Lipinski definition) is 1. The molecule has 0 aliphatic rings. The number of fused-ring (bicyclic) bond motifs is 1. The van der Waals surface area contributed by atoms with Crippen LogP contribution >= 0.6 is 0 Å². The van der Waals surface area contributed by atoms with Gasteiger partial charge in [-0.05, 0) is 29.3 Å². The number of anilines is 1. The lowest BCUT2D eigenvalue weighted by atomic mass is 10.1. The molecular formula is C20H23N3O. The molecular weight excluding hydrogens is 298 g/mol. The summed E-state index contributed by atoms with van der Waals surface area (Å²) in [6.45, 7) is 0.620. The third kappa shape index (κ3) is 3.43. The maximum absolute atomic E-state index is 12.5. The number of nitrogens with one attached hydrogen (secondary N) is 1. The summed E-state index contributed by atoms with van der Waals surface area (Å²) < 4.78 is 0. The minimum Gasteiger partial charge on any atom is -0.378 e. The van der Waals surface area contributed by atoms with Crippen LogP contribution in [0.5, 0.6) is 0 Å². The summed E-state index contributed by atoms with van der Waals surface area (Å²) in [5.41, 5.74) is 4.41. The van der Waals surface area contributed by atoms with E-state index < -0.39 is 0 Å². The Labute approximate surface area is 142 Å². The molecule has 1 amide bonds. The topological polar surface area (TPSA) is 39.3 Å². The zero-order valence-corrected chi connectivity index (χ0v) is 14.4. The van der Waals surface area contributed by atoms with Crippen molar-refractivity contribution in [3.8, 4) is 0 Å². The summed E-state index contributed by atoms with van der Waals surface area (Å²) in [5, 5.41) is 1.12. The summed E-state index contributed by atoms with van der Waals surface area (Å²) in [4.78, 5) is 19.6. The van der Waals surface area contributed by atoms with E-state index in [1.165, 1.54) is 0 Å². The number of para-hydroxylation sites is 1. The molecule has 1 aromatic heterocycles. The summed E-state index contributed by atoms with van der Waals surface area (Å²) >= 11 is 0. The number of benzene rings is 2. The molecule has 0 aliphatic heterocycles. The second-order valence-electron chi connectivity index (χ2n) is 6.35. The number of aromatic nitrogens is 1. The Kier molecular flexibility index (Phi) is 4.56. The first-order valence-corrected chi connectivity index (χ1v) is 8.10. The zero-order chi connectivity index (χ0) is 17.1. The van der Waals surface area contributed by atoms with Crippen LogP contribution in [-0.4, -0.2) is 36.9 Å². The SMILES string of the molecule is CN(Cc1ccc(N(C)C)cc1)C(=O)Cc1c[nH]c2ccccc12. The van der Waals surface area contributed by atoms with Crippen molar-refractivity contribution in [2.75, 3.05) is 26.0 Å². The van der Waals surface area contributed by atoms with Gasteiger partial charge in [0.2, 0.25) is 5.91 Å². The van der Waals surface area contributed by atoms with Crippen LogP contribution < -0.4 is 4.90 Å². The van der Waals surface area contributed by atoms with Crippen molar-refractivity contribution in [3.05, 3.63) is 65.9 Å². The highest BCUT2D eigenvalue weighted by molar-refractivity contribution is 5.88. The summed E-state index contributed by atoms with van der Waals surface area (Å²) in [6, 6.07) is 16.4. The monoisotopic (exact) mass is 321 g/mol. The number of H-pyrrole nitrogens is 1. The summed E-state index contributed by atoms with van der Waals surface area (Å²) in [6.07, 6.45) is 2.35. The predicted molar refractivity (Wildman–Crippen MR) is 99.2 cm³/mol. The van der Waals surface area contributed by atoms with Gasteiger partial charge < -0.3 is 14.8 Å². The first kappa shape index (κ1) is 16.1. The molecule has 24 heavy (non-hydrogen) atoms. The van der Waals surface area contributed by atoms with E-state index >= 15 is 0 Å². The van der Waals surface area contributed by atoms with E-state index in [9.17, 15) is 4.79 Å². The van der Waals surface area contributed by atoms with Crippen molar-refractivity contribution in [2.24, 2.45) is 0 Å². The minimum atomic E-state index is 0.122. The highest BCUT2D eigenvalue weighted by atomic mass is 16.2. The largest absolute Gasteiger partial charge is 0.378 e. The normalized spacial score (nSPS) is 10.8. The molecule has 0 saturated heterocycles. The van der Waals surface area contributed by atoms with Crippen LogP contribution in [0.3, 0.4) is 0 Å². The van der Waals surface area contributed by atoms with Crippen LogP contribution in [0.4, 0.5) is 5.69 Å². The van der Waals surface area contributed by atoms with E-state index in [1.807, 2.05) is 45.5 Å². The number of amides is 1. The van der Waals surface area contributed by atoms with Gasteiger partial charge in [-0.15, -0.1) is 0 Å². The molecule has 1 heterocycles.